The lowest BCUT2D eigenvalue weighted by molar-refractivity contribution is -0.122. The van der Waals surface area contributed by atoms with Gasteiger partial charge in [0.2, 0.25) is 11.8 Å². The zero-order valence-corrected chi connectivity index (χ0v) is 16.6. The maximum Gasteiger partial charge on any atom is 0.240 e. The third-order valence-electron chi connectivity index (χ3n) is 4.09. The van der Waals surface area contributed by atoms with Gasteiger partial charge in [-0.05, 0) is 31.2 Å². The van der Waals surface area contributed by atoms with E-state index < -0.39 is 5.25 Å². The van der Waals surface area contributed by atoms with Crippen molar-refractivity contribution in [3.63, 3.8) is 0 Å². The summed E-state index contributed by atoms with van der Waals surface area (Å²) < 4.78 is 10.4. The van der Waals surface area contributed by atoms with Crippen molar-refractivity contribution in [3.8, 4) is 11.5 Å². The van der Waals surface area contributed by atoms with Crippen LogP contribution in [0, 0.1) is 6.92 Å². The van der Waals surface area contributed by atoms with E-state index in [1.165, 1.54) is 18.9 Å². The quantitative estimate of drug-likeness (QED) is 0.778. The number of carbonyl (C=O) groups is 2. The molecule has 1 heterocycles. The second-order valence-electron chi connectivity index (χ2n) is 6.17. The lowest BCUT2D eigenvalue weighted by Gasteiger charge is -2.12. The molecule has 1 aliphatic rings. The molecule has 0 saturated carbocycles. The summed E-state index contributed by atoms with van der Waals surface area (Å²) in [4.78, 5) is 29.0. The summed E-state index contributed by atoms with van der Waals surface area (Å²) in [7, 11) is 3.07. The number of carbonyl (C=O) groups excluding carboxylic acids is 2. The highest BCUT2D eigenvalue weighted by atomic mass is 32.2. The van der Waals surface area contributed by atoms with Crippen molar-refractivity contribution in [2.45, 2.75) is 18.6 Å². The Kier molecular flexibility index (Phi) is 6.20. The minimum atomic E-state index is -0.534. The van der Waals surface area contributed by atoms with Gasteiger partial charge in [-0.25, -0.2) is 4.99 Å². The van der Waals surface area contributed by atoms with Crippen LogP contribution < -0.4 is 20.1 Å². The molecule has 3 rings (SSSR count). The van der Waals surface area contributed by atoms with E-state index >= 15 is 0 Å². The molecule has 2 amide bonds. The first-order valence-electron chi connectivity index (χ1n) is 8.63. The first kappa shape index (κ1) is 19.8. The molecule has 146 valence electrons. The number of amides is 2. The summed E-state index contributed by atoms with van der Waals surface area (Å²) in [6, 6.07) is 12.8. The minimum Gasteiger partial charge on any atom is -0.497 e. The van der Waals surface area contributed by atoms with Crippen molar-refractivity contribution in [1.29, 1.82) is 0 Å². The van der Waals surface area contributed by atoms with Gasteiger partial charge in [0.25, 0.3) is 0 Å². The van der Waals surface area contributed by atoms with Gasteiger partial charge in [0, 0.05) is 12.5 Å². The highest BCUT2D eigenvalue weighted by Crippen LogP contribution is 2.30. The average molecular weight is 399 g/mol. The SMILES string of the molecule is COc1ccc(NC(=O)CC2SC(=Nc3ccc(C)cc3)NC2=O)c(OC)c1. The number of ether oxygens (including phenoxy) is 2. The fourth-order valence-electron chi connectivity index (χ4n) is 2.60. The molecule has 7 nitrogen and oxygen atoms in total. The van der Waals surface area contributed by atoms with Crippen molar-refractivity contribution in [2.24, 2.45) is 4.99 Å². The minimum absolute atomic E-state index is 0.0264. The molecule has 1 atom stereocenters. The van der Waals surface area contributed by atoms with Gasteiger partial charge in [-0.1, -0.05) is 29.5 Å². The molecule has 0 bridgehead atoms. The Balaban J connectivity index is 1.63. The zero-order chi connectivity index (χ0) is 20.1. The summed E-state index contributed by atoms with van der Waals surface area (Å²) in [5, 5.41) is 5.47. The van der Waals surface area contributed by atoms with E-state index in [9.17, 15) is 9.59 Å². The summed E-state index contributed by atoms with van der Waals surface area (Å²) >= 11 is 1.25. The van der Waals surface area contributed by atoms with Crippen LogP contribution in [0.25, 0.3) is 0 Å². The molecular weight excluding hydrogens is 378 g/mol. The summed E-state index contributed by atoms with van der Waals surface area (Å²) in [6.45, 7) is 2.00. The smallest absolute Gasteiger partial charge is 0.240 e. The lowest BCUT2D eigenvalue weighted by atomic mass is 10.2. The number of anilines is 1. The molecule has 1 aliphatic heterocycles. The molecule has 0 spiro atoms. The molecule has 2 N–H and O–H groups in total. The number of hydrogen-bond donors (Lipinski definition) is 2. The number of nitrogens with one attached hydrogen (secondary N) is 2. The monoisotopic (exact) mass is 399 g/mol. The topological polar surface area (TPSA) is 89.0 Å². The molecule has 0 radical (unpaired) electrons. The lowest BCUT2D eigenvalue weighted by Crippen LogP contribution is -2.28. The molecule has 2 aromatic rings. The largest absolute Gasteiger partial charge is 0.497 e. The number of methoxy groups -OCH3 is 2. The molecular formula is C20H21N3O4S. The number of aryl methyl sites for hydroxylation is 1. The van der Waals surface area contributed by atoms with Crippen LogP contribution in [0.15, 0.2) is 47.5 Å². The first-order valence-corrected chi connectivity index (χ1v) is 9.51. The standard InChI is InChI=1S/C20H21N3O4S/c1-12-4-6-13(7-5-12)21-20-23-19(25)17(28-20)11-18(24)22-15-9-8-14(26-2)10-16(15)27-3/h4-10,17H,11H2,1-3H3,(H,22,24)(H,21,23,25). The molecule has 1 unspecified atom stereocenters. The Hall–Kier alpha value is -3.00. The van der Waals surface area contributed by atoms with E-state index in [0.29, 0.717) is 22.4 Å². The molecule has 8 heteroatoms. The molecule has 28 heavy (non-hydrogen) atoms. The maximum absolute atomic E-state index is 12.4. The van der Waals surface area contributed by atoms with E-state index in [0.717, 1.165) is 11.3 Å². The third kappa shape index (κ3) is 4.83. The van der Waals surface area contributed by atoms with Crippen LogP contribution in [0.1, 0.15) is 12.0 Å². The Labute approximate surface area is 167 Å². The van der Waals surface area contributed by atoms with E-state index in [4.69, 9.17) is 9.47 Å². The number of amidine groups is 1. The molecule has 2 aromatic carbocycles. The summed E-state index contributed by atoms with van der Waals surface area (Å²) in [5.41, 5.74) is 2.40. The van der Waals surface area contributed by atoms with Crippen LogP contribution in [0.2, 0.25) is 0 Å². The van der Waals surface area contributed by atoms with Crippen molar-refractivity contribution >= 4 is 40.1 Å². The predicted octanol–water partition coefficient (Wildman–Crippen LogP) is 3.26. The van der Waals surface area contributed by atoms with E-state index in [2.05, 4.69) is 15.6 Å². The number of nitrogens with zero attached hydrogens (tertiary/aromatic N) is 1. The van der Waals surface area contributed by atoms with Crippen LogP contribution in [0.4, 0.5) is 11.4 Å². The normalized spacial score (nSPS) is 17.3. The van der Waals surface area contributed by atoms with Gasteiger partial charge in [-0.3, -0.25) is 9.59 Å². The highest BCUT2D eigenvalue weighted by Gasteiger charge is 2.32. The van der Waals surface area contributed by atoms with Crippen LogP contribution in [-0.2, 0) is 9.59 Å². The predicted molar refractivity (Wildman–Crippen MR) is 111 cm³/mol. The fraction of sp³-hybridized carbons (Fsp3) is 0.250. The number of benzene rings is 2. The van der Waals surface area contributed by atoms with Gasteiger partial charge >= 0.3 is 0 Å². The Morgan fingerprint density at radius 1 is 1.18 bits per heavy atom. The Morgan fingerprint density at radius 3 is 2.61 bits per heavy atom. The number of hydrogen-bond acceptors (Lipinski definition) is 6. The van der Waals surface area contributed by atoms with Crippen LogP contribution in [-0.4, -0.2) is 36.5 Å². The molecule has 0 aromatic heterocycles. The fourth-order valence-corrected chi connectivity index (χ4v) is 3.59. The van der Waals surface area contributed by atoms with Gasteiger partial charge in [0.05, 0.1) is 25.6 Å². The maximum atomic E-state index is 12.4. The molecule has 0 aliphatic carbocycles. The van der Waals surface area contributed by atoms with Crippen LogP contribution in [0.3, 0.4) is 0 Å². The highest BCUT2D eigenvalue weighted by molar-refractivity contribution is 8.15. The van der Waals surface area contributed by atoms with Gasteiger partial charge in [-0.15, -0.1) is 0 Å². The second-order valence-corrected chi connectivity index (χ2v) is 7.36. The van der Waals surface area contributed by atoms with Crippen molar-refractivity contribution in [3.05, 3.63) is 48.0 Å². The summed E-state index contributed by atoms with van der Waals surface area (Å²) in [5.74, 6) is 0.593. The van der Waals surface area contributed by atoms with Crippen molar-refractivity contribution in [1.82, 2.24) is 5.32 Å². The Morgan fingerprint density at radius 2 is 1.93 bits per heavy atom. The van der Waals surface area contributed by atoms with Crippen molar-refractivity contribution in [2.75, 3.05) is 19.5 Å². The van der Waals surface area contributed by atoms with Crippen LogP contribution >= 0.6 is 11.8 Å². The number of aliphatic imine (C=N–C) groups is 1. The van der Waals surface area contributed by atoms with Gasteiger partial charge in [-0.2, -0.15) is 0 Å². The summed E-state index contributed by atoms with van der Waals surface area (Å²) in [6.07, 6.45) is 0.0264. The van der Waals surface area contributed by atoms with Crippen molar-refractivity contribution < 1.29 is 19.1 Å². The second kappa shape index (κ2) is 8.79. The first-order chi connectivity index (χ1) is 13.5. The third-order valence-corrected chi connectivity index (χ3v) is 5.18. The average Bonchev–Trinajstić information content (AvgIpc) is 3.02. The zero-order valence-electron chi connectivity index (χ0n) is 15.8. The van der Waals surface area contributed by atoms with E-state index in [1.54, 1.807) is 25.3 Å². The number of thioether (sulfide) groups is 1. The van der Waals surface area contributed by atoms with Gasteiger partial charge in [0.1, 0.15) is 16.7 Å². The van der Waals surface area contributed by atoms with Gasteiger partial charge in [0.15, 0.2) is 5.17 Å². The Bertz CT molecular complexity index is 912. The molecule has 1 fully saturated rings. The van der Waals surface area contributed by atoms with E-state index in [1.807, 2.05) is 31.2 Å². The van der Waals surface area contributed by atoms with E-state index in [-0.39, 0.29) is 18.2 Å². The molecule has 1 saturated heterocycles. The number of rotatable bonds is 6. The van der Waals surface area contributed by atoms with Gasteiger partial charge < -0.3 is 20.1 Å². The van der Waals surface area contributed by atoms with Crippen LogP contribution in [0.5, 0.6) is 11.5 Å².